The molecule has 0 saturated heterocycles. The minimum Gasteiger partial charge on any atom is -0.465 e. The molecule has 0 saturated carbocycles. The summed E-state index contributed by atoms with van der Waals surface area (Å²) < 4.78 is 4.62. The number of aliphatic hydroxyl groups excluding tert-OH is 2. The number of hydrogen-bond donors (Lipinski definition) is 2. The molecule has 1 unspecified atom stereocenters. The van der Waals surface area contributed by atoms with Crippen LogP contribution in [0, 0.1) is 0 Å². The van der Waals surface area contributed by atoms with Crippen LogP contribution in [0.15, 0.2) is 48.2 Å². The zero-order valence-electron chi connectivity index (χ0n) is 10.5. The number of aliphatic hydroxyl groups is 2. The third-order valence-electron chi connectivity index (χ3n) is 2.87. The zero-order valence-corrected chi connectivity index (χ0v) is 10.5. The van der Waals surface area contributed by atoms with Crippen molar-refractivity contribution >= 4 is 11.7 Å². The summed E-state index contributed by atoms with van der Waals surface area (Å²) in [6, 6.07) is 6.70. The third kappa shape index (κ3) is 2.83. The van der Waals surface area contributed by atoms with E-state index in [1.54, 1.807) is 47.5 Å². The summed E-state index contributed by atoms with van der Waals surface area (Å²) in [5.41, 5.74) is 1.85. The predicted molar refractivity (Wildman–Crippen MR) is 70.6 cm³/mol. The molecule has 1 atom stereocenters. The normalized spacial score (nSPS) is 18.2. The van der Waals surface area contributed by atoms with E-state index in [-0.39, 0.29) is 6.61 Å². The van der Waals surface area contributed by atoms with Gasteiger partial charge in [0.05, 0.1) is 19.3 Å². The number of benzene rings is 1. The van der Waals surface area contributed by atoms with Gasteiger partial charge in [-0.1, -0.05) is 0 Å². The maximum Gasteiger partial charge on any atom is 0.337 e. The van der Waals surface area contributed by atoms with Crippen LogP contribution in [0.2, 0.25) is 0 Å². The number of anilines is 1. The minimum atomic E-state index is -0.837. The molecule has 19 heavy (non-hydrogen) atoms. The van der Waals surface area contributed by atoms with Gasteiger partial charge in [-0.3, -0.25) is 0 Å². The predicted octanol–water partition coefficient (Wildman–Crippen LogP) is 1.04. The molecule has 1 aliphatic rings. The number of rotatable bonds is 3. The number of methoxy groups -OCH3 is 1. The average Bonchev–Trinajstić information content (AvgIpc) is 2.46. The van der Waals surface area contributed by atoms with Crippen molar-refractivity contribution in [1.82, 2.24) is 0 Å². The molecule has 5 nitrogen and oxygen atoms in total. The zero-order chi connectivity index (χ0) is 13.8. The summed E-state index contributed by atoms with van der Waals surface area (Å²) in [7, 11) is 1.33. The molecule has 2 N–H and O–H groups in total. The highest BCUT2D eigenvalue weighted by molar-refractivity contribution is 5.89. The first kappa shape index (κ1) is 13.3. The van der Waals surface area contributed by atoms with Gasteiger partial charge in [-0.2, -0.15) is 0 Å². The van der Waals surface area contributed by atoms with Crippen molar-refractivity contribution in [2.24, 2.45) is 0 Å². The van der Waals surface area contributed by atoms with Gasteiger partial charge in [-0.15, -0.1) is 0 Å². The lowest BCUT2D eigenvalue weighted by atomic mass is 10.1. The Morgan fingerprint density at radius 1 is 1.37 bits per heavy atom. The fraction of sp³-hybridized carbons (Fsp3) is 0.214. The molecule has 0 aromatic heterocycles. The molecule has 0 fully saturated rings. The molecule has 1 aromatic carbocycles. The van der Waals surface area contributed by atoms with Crippen LogP contribution < -0.4 is 4.90 Å². The second-order valence-electron chi connectivity index (χ2n) is 4.07. The minimum absolute atomic E-state index is 0.108. The fourth-order valence-corrected chi connectivity index (χ4v) is 1.82. The molecule has 5 heteroatoms. The summed E-state index contributed by atoms with van der Waals surface area (Å²) in [4.78, 5) is 12.9. The van der Waals surface area contributed by atoms with E-state index < -0.39 is 12.2 Å². The van der Waals surface area contributed by atoms with Crippen molar-refractivity contribution < 1.29 is 19.7 Å². The van der Waals surface area contributed by atoms with Crippen LogP contribution in [0.25, 0.3) is 0 Å². The van der Waals surface area contributed by atoms with Gasteiger partial charge < -0.3 is 19.8 Å². The van der Waals surface area contributed by atoms with Crippen molar-refractivity contribution in [2.45, 2.75) is 6.23 Å². The maximum atomic E-state index is 11.3. The second-order valence-corrected chi connectivity index (χ2v) is 4.07. The van der Waals surface area contributed by atoms with Crippen LogP contribution in [0.5, 0.6) is 0 Å². The Bertz CT molecular complexity index is 519. The monoisotopic (exact) mass is 261 g/mol. The lowest BCUT2D eigenvalue weighted by Crippen LogP contribution is -2.31. The Morgan fingerprint density at radius 2 is 2.05 bits per heavy atom. The van der Waals surface area contributed by atoms with E-state index in [2.05, 4.69) is 4.74 Å². The Kier molecular flexibility index (Phi) is 3.99. The van der Waals surface area contributed by atoms with Crippen molar-refractivity contribution in [1.29, 1.82) is 0 Å². The molecule has 1 aromatic rings. The average molecular weight is 261 g/mol. The first-order chi connectivity index (χ1) is 9.15. The molecule has 0 amide bonds. The Morgan fingerprint density at radius 3 is 2.58 bits per heavy atom. The molecular weight excluding hydrogens is 246 g/mol. The molecule has 0 bridgehead atoms. The summed E-state index contributed by atoms with van der Waals surface area (Å²) in [6.07, 6.45) is 4.13. The van der Waals surface area contributed by atoms with Gasteiger partial charge in [0.15, 0.2) is 6.23 Å². The topological polar surface area (TPSA) is 70.0 Å². The van der Waals surface area contributed by atoms with Gasteiger partial charge in [-0.05, 0) is 42.0 Å². The van der Waals surface area contributed by atoms with Crippen LogP contribution >= 0.6 is 0 Å². The summed E-state index contributed by atoms with van der Waals surface area (Å²) in [5.74, 6) is -0.399. The number of nitrogens with zero attached hydrogens (tertiary/aromatic N) is 1. The number of esters is 1. The van der Waals surface area contributed by atoms with Gasteiger partial charge >= 0.3 is 5.97 Å². The SMILES string of the molecule is COC(=O)c1ccc(N2C=CC(CO)=CC2O)cc1. The number of carbonyl (C=O) groups is 1. The molecule has 0 aliphatic carbocycles. The van der Waals surface area contributed by atoms with E-state index in [1.807, 2.05) is 0 Å². The summed E-state index contributed by atoms with van der Waals surface area (Å²) in [6.45, 7) is -0.108. The first-order valence-electron chi connectivity index (χ1n) is 5.80. The van der Waals surface area contributed by atoms with Gasteiger partial charge in [0.1, 0.15) is 0 Å². The van der Waals surface area contributed by atoms with Crippen LogP contribution in [0.3, 0.4) is 0 Å². The van der Waals surface area contributed by atoms with Gasteiger partial charge in [0, 0.05) is 11.9 Å². The van der Waals surface area contributed by atoms with E-state index >= 15 is 0 Å². The van der Waals surface area contributed by atoms with E-state index in [0.29, 0.717) is 11.1 Å². The quantitative estimate of drug-likeness (QED) is 0.796. The Balaban J connectivity index is 2.18. The highest BCUT2D eigenvalue weighted by Gasteiger charge is 2.16. The molecule has 0 radical (unpaired) electrons. The lowest BCUT2D eigenvalue weighted by molar-refractivity contribution is 0.0601. The standard InChI is InChI=1S/C14H15NO4/c1-19-14(18)11-2-4-12(5-3-11)15-7-6-10(9-16)8-13(15)17/h2-8,13,16-17H,9H2,1H3. The Hall–Kier alpha value is -2.11. The second kappa shape index (κ2) is 5.69. The third-order valence-corrected chi connectivity index (χ3v) is 2.87. The summed E-state index contributed by atoms with van der Waals surface area (Å²) >= 11 is 0. The first-order valence-corrected chi connectivity index (χ1v) is 5.80. The maximum absolute atomic E-state index is 11.3. The van der Waals surface area contributed by atoms with Gasteiger partial charge in [0.25, 0.3) is 0 Å². The highest BCUT2D eigenvalue weighted by Crippen LogP contribution is 2.22. The van der Waals surface area contributed by atoms with Crippen molar-refractivity contribution in [3.05, 3.63) is 53.8 Å². The van der Waals surface area contributed by atoms with Crippen molar-refractivity contribution in [2.75, 3.05) is 18.6 Å². The van der Waals surface area contributed by atoms with Crippen LogP contribution in [-0.4, -0.2) is 36.1 Å². The lowest BCUT2D eigenvalue weighted by Gasteiger charge is -2.27. The van der Waals surface area contributed by atoms with E-state index in [1.165, 1.54) is 7.11 Å². The van der Waals surface area contributed by atoms with Gasteiger partial charge in [0.2, 0.25) is 0 Å². The number of ether oxygens (including phenoxy) is 1. The van der Waals surface area contributed by atoms with Crippen LogP contribution in [0.1, 0.15) is 10.4 Å². The smallest absolute Gasteiger partial charge is 0.337 e. The highest BCUT2D eigenvalue weighted by atomic mass is 16.5. The Labute approximate surface area is 111 Å². The van der Waals surface area contributed by atoms with E-state index in [4.69, 9.17) is 5.11 Å². The molecule has 1 heterocycles. The molecule has 100 valence electrons. The molecule has 2 rings (SSSR count). The van der Waals surface area contributed by atoms with Crippen molar-refractivity contribution in [3.8, 4) is 0 Å². The van der Waals surface area contributed by atoms with Crippen LogP contribution in [0.4, 0.5) is 5.69 Å². The van der Waals surface area contributed by atoms with Crippen molar-refractivity contribution in [3.63, 3.8) is 0 Å². The molecular formula is C14H15NO4. The fourth-order valence-electron chi connectivity index (χ4n) is 1.82. The van der Waals surface area contributed by atoms with Crippen LogP contribution in [-0.2, 0) is 4.74 Å². The largest absolute Gasteiger partial charge is 0.465 e. The van der Waals surface area contributed by atoms with E-state index in [9.17, 15) is 9.90 Å². The van der Waals surface area contributed by atoms with Gasteiger partial charge in [-0.25, -0.2) is 4.79 Å². The van der Waals surface area contributed by atoms with E-state index in [0.717, 1.165) is 5.69 Å². The molecule has 0 spiro atoms. The summed E-state index contributed by atoms with van der Waals surface area (Å²) in [5, 5.41) is 18.9. The molecule has 1 aliphatic heterocycles. The number of hydrogen-bond acceptors (Lipinski definition) is 5. The number of carbonyl (C=O) groups excluding carboxylic acids is 1.